The minimum Gasteiger partial charge on any atom is -0.382 e. The van der Waals surface area contributed by atoms with Crippen LogP contribution in [0.5, 0.6) is 0 Å². The Hall–Kier alpha value is -1.03. The van der Waals surface area contributed by atoms with E-state index in [2.05, 4.69) is 17.3 Å². The highest BCUT2D eigenvalue weighted by Gasteiger charge is 2.26. The average Bonchev–Trinajstić information content (AvgIpc) is 2.41. The van der Waals surface area contributed by atoms with Gasteiger partial charge in [0.1, 0.15) is 5.02 Å². The summed E-state index contributed by atoms with van der Waals surface area (Å²) in [5.41, 5.74) is 0.743. The zero-order chi connectivity index (χ0) is 13.9. The zero-order valence-corrected chi connectivity index (χ0v) is 12.5. The van der Waals surface area contributed by atoms with Gasteiger partial charge in [-0.3, -0.25) is 4.79 Å². The minimum atomic E-state index is -0.219. The van der Waals surface area contributed by atoms with Crippen LogP contribution in [0.4, 0.5) is 5.69 Å². The van der Waals surface area contributed by atoms with E-state index in [0.29, 0.717) is 17.6 Å². The van der Waals surface area contributed by atoms with Crippen LogP contribution in [0.2, 0.25) is 5.02 Å². The highest BCUT2D eigenvalue weighted by Crippen LogP contribution is 2.36. The molecule has 0 spiro atoms. The van der Waals surface area contributed by atoms with Crippen LogP contribution >= 0.6 is 11.6 Å². The fourth-order valence-corrected chi connectivity index (χ4v) is 2.92. The van der Waals surface area contributed by atoms with Crippen LogP contribution in [0.15, 0.2) is 11.0 Å². The van der Waals surface area contributed by atoms with Gasteiger partial charge in [-0.2, -0.15) is 5.10 Å². The molecule has 0 unspecified atom stereocenters. The zero-order valence-electron chi connectivity index (χ0n) is 11.7. The first kappa shape index (κ1) is 14.4. The van der Waals surface area contributed by atoms with E-state index in [9.17, 15) is 4.79 Å². The molecule has 1 aromatic rings. The number of nitrogens with zero attached hydrogens (tertiary/aromatic N) is 2. The first-order valence-corrected chi connectivity index (χ1v) is 7.43. The lowest BCUT2D eigenvalue weighted by atomic mass is 9.76. The molecule has 0 aliphatic heterocycles. The van der Waals surface area contributed by atoms with Crippen molar-refractivity contribution in [3.8, 4) is 0 Å². The Labute approximate surface area is 119 Å². The van der Waals surface area contributed by atoms with Crippen molar-refractivity contribution in [2.24, 2.45) is 5.41 Å². The lowest BCUT2D eigenvalue weighted by Crippen LogP contribution is -2.30. The maximum Gasteiger partial charge on any atom is 0.287 e. The van der Waals surface area contributed by atoms with Crippen molar-refractivity contribution in [3.05, 3.63) is 21.6 Å². The molecule has 1 N–H and O–H groups in total. The Morgan fingerprint density at radius 1 is 1.42 bits per heavy atom. The van der Waals surface area contributed by atoms with Gasteiger partial charge in [-0.25, -0.2) is 4.68 Å². The van der Waals surface area contributed by atoms with E-state index in [-0.39, 0.29) is 10.6 Å². The third-order valence-electron chi connectivity index (χ3n) is 4.05. The quantitative estimate of drug-likeness (QED) is 0.922. The molecule has 1 saturated carbocycles. The van der Waals surface area contributed by atoms with Crippen LogP contribution in [0.25, 0.3) is 0 Å². The van der Waals surface area contributed by atoms with E-state index >= 15 is 0 Å². The monoisotopic (exact) mass is 283 g/mol. The van der Waals surface area contributed by atoms with Gasteiger partial charge < -0.3 is 5.32 Å². The molecule has 0 atom stereocenters. The highest BCUT2D eigenvalue weighted by molar-refractivity contribution is 6.32. The summed E-state index contributed by atoms with van der Waals surface area (Å²) >= 11 is 6.10. The molecule has 0 radical (unpaired) electrons. The number of anilines is 1. The number of hydrogen-bond acceptors (Lipinski definition) is 3. The van der Waals surface area contributed by atoms with Crippen molar-refractivity contribution in [2.45, 2.75) is 52.5 Å². The predicted octanol–water partition coefficient (Wildman–Crippen LogP) is 3.30. The van der Waals surface area contributed by atoms with Gasteiger partial charge in [-0.05, 0) is 25.2 Å². The predicted molar refractivity (Wildman–Crippen MR) is 78.9 cm³/mol. The van der Waals surface area contributed by atoms with E-state index in [4.69, 9.17) is 11.6 Å². The van der Waals surface area contributed by atoms with Crippen LogP contribution < -0.4 is 10.9 Å². The second-order valence-electron chi connectivity index (χ2n) is 5.72. The SMILES string of the molecule is CCn1ncc(NCC2(C)CCCCC2)c(Cl)c1=O. The lowest BCUT2D eigenvalue weighted by molar-refractivity contribution is 0.233. The van der Waals surface area contributed by atoms with Crippen LogP contribution in [0.1, 0.15) is 46.0 Å². The molecule has 1 aliphatic rings. The Morgan fingerprint density at radius 2 is 2.11 bits per heavy atom. The van der Waals surface area contributed by atoms with E-state index in [0.717, 1.165) is 6.54 Å². The molecular formula is C14H22ClN3O. The largest absolute Gasteiger partial charge is 0.382 e. The standard InChI is InChI=1S/C14H22ClN3O/c1-3-18-13(19)12(15)11(9-17-18)16-10-14(2)7-5-4-6-8-14/h9,16H,3-8,10H2,1-2H3. The number of rotatable bonds is 4. The van der Waals surface area contributed by atoms with E-state index < -0.39 is 0 Å². The van der Waals surface area contributed by atoms with Crippen molar-refractivity contribution in [3.63, 3.8) is 0 Å². The Bertz CT molecular complexity index is 492. The summed E-state index contributed by atoms with van der Waals surface area (Å²) in [6.45, 7) is 5.56. The molecule has 0 bridgehead atoms. The summed E-state index contributed by atoms with van der Waals surface area (Å²) in [5, 5.41) is 7.66. The Balaban J connectivity index is 2.07. The molecule has 19 heavy (non-hydrogen) atoms. The fraction of sp³-hybridized carbons (Fsp3) is 0.714. The summed E-state index contributed by atoms with van der Waals surface area (Å²) in [4.78, 5) is 11.9. The first-order valence-electron chi connectivity index (χ1n) is 7.05. The molecule has 1 aliphatic carbocycles. The van der Waals surface area contributed by atoms with Crippen molar-refractivity contribution >= 4 is 17.3 Å². The first-order chi connectivity index (χ1) is 9.06. The molecule has 1 aromatic heterocycles. The molecule has 0 saturated heterocycles. The van der Waals surface area contributed by atoms with Crippen molar-refractivity contribution in [1.29, 1.82) is 0 Å². The molecular weight excluding hydrogens is 262 g/mol. The molecule has 106 valence electrons. The second-order valence-corrected chi connectivity index (χ2v) is 6.10. The number of aryl methyl sites for hydroxylation is 1. The second kappa shape index (κ2) is 5.95. The lowest BCUT2D eigenvalue weighted by Gasteiger charge is -2.34. The van der Waals surface area contributed by atoms with Crippen LogP contribution in [0.3, 0.4) is 0 Å². The number of nitrogens with one attached hydrogen (secondary N) is 1. The molecule has 0 aromatic carbocycles. The summed E-state index contributed by atoms with van der Waals surface area (Å²) in [6.07, 6.45) is 8.04. The maximum absolute atomic E-state index is 11.9. The summed E-state index contributed by atoms with van der Waals surface area (Å²) < 4.78 is 1.37. The van der Waals surface area contributed by atoms with Crippen LogP contribution in [-0.4, -0.2) is 16.3 Å². The Kier molecular flexibility index (Phi) is 4.50. The molecule has 0 amide bonds. The number of hydrogen-bond donors (Lipinski definition) is 1. The molecule has 2 rings (SSSR count). The maximum atomic E-state index is 11.9. The van der Waals surface area contributed by atoms with E-state index in [1.807, 2.05) is 6.92 Å². The van der Waals surface area contributed by atoms with Gasteiger partial charge in [0.25, 0.3) is 5.56 Å². The smallest absolute Gasteiger partial charge is 0.287 e. The van der Waals surface area contributed by atoms with Gasteiger partial charge in [0, 0.05) is 13.1 Å². The van der Waals surface area contributed by atoms with Crippen LogP contribution in [-0.2, 0) is 6.54 Å². The normalized spacial score (nSPS) is 18.3. The minimum absolute atomic E-state index is 0.219. The Morgan fingerprint density at radius 3 is 2.74 bits per heavy atom. The number of aromatic nitrogens is 2. The third-order valence-corrected chi connectivity index (χ3v) is 4.42. The molecule has 5 heteroatoms. The number of halogens is 1. The van der Waals surface area contributed by atoms with Gasteiger partial charge in [-0.1, -0.05) is 37.8 Å². The molecule has 1 fully saturated rings. The van der Waals surface area contributed by atoms with Gasteiger partial charge in [0.05, 0.1) is 11.9 Å². The summed E-state index contributed by atoms with van der Waals surface area (Å²) in [5.74, 6) is 0. The highest BCUT2D eigenvalue weighted by atomic mass is 35.5. The van der Waals surface area contributed by atoms with Gasteiger partial charge >= 0.3 is 0 Å². The molecule has 4 nitrogen and oxygen atoms in total. The van der Waals surface area contributed by atoms with Gasteiger partial charge in [-0.15, -0.1) is 0 Å². The summed E-state index contributed by atoms with van der Waals surface area (Å²) in [6, 6.07) is 0. The van der Waals surface area contributed by atoms with Gasteiger partial charge in [0.2, 0.25) is 0 Å². The van der Waals surface area contributed by atoms with Crippen molar-refractivity contribution in [2.75, 3.05) is 11.9 Å². The van der Waals surface area contributed by atoms with Gasteiger partial charge in [0.15, 0.2) is 0 Å². The average molecular weight is 284 g/mol. The van der Waals surface area contributed by atoms with E-state index in [1.54, 1.807) is 6.20 Å². The molecule has 1 heterocycles. The van der Waals surface area contributed by atoms with Crippen LogP contribution in [0, 0.1) is 5.41 Å². The summed E-state index contributed by atoms with van der Waals surface area (Å²) in [7, 11) is 0. The van der Waals surface area contributed by atoms with Crippen molar-refractivity contribution in [1.82, 2.24) is 9.78 Å². The van der Waals surface area contributed by atoms with E-state index in [1.165, 1.54) is 36.8 Å². The van der Waals surface area contributed by atoms with Crippen molar-refractivity contribution < 1.29 is 0 Å². The fourth-order valence-electron chi connectivity index (χ4n) is 2.70. The third kappa shape index (κ3) is 3.30. The topological polar surface area (TPSA) is 46.9 Å².